The summed E-state index contributed by atoms with van der Waals surface area (Å²) in [5, 5.41) is 0. The van der Waals surface area contributed by atoms with Gasteiger partial charge in [-0.05, 0) is 32.0 Å². The van der Waals surface area contributed by atoms with Crippen LogP contribution < -0.4 is 4.74 Å². The van der Waals surface area contributed by atoms with E-state index >= 15 is 0 Å². The second kappa shape index (κ2) is 8.04. The number of halogens is 1. The van der Waals surface area contributed by atoms with Gasteiger partial charge in [-0.1, -0.05) is 18.3 Å². The lowest BCUT2D eigenvalue weighted by Gasteiger charge is -2.26. The number of pyridine rings is 1. The van der Waals surface area contributed by atoms with E-state index in [-0.39, 0.29) is 0 Å². The standard InChI is InChI=1S/C15H19ClN2O/c16-6-4-5-14-11-15(13-17-12-14)19-10-9-18-7-2-1-3-8-18/h11-13H,1-3,6-10H2. The highest BCUT2D eigenvalue weighted by molar-refractivity contribution is 6.19. The molecule has 4 heteroatoms. The molecule has 2 rings (SSSR count). The predicted octanol–water partition coefficient (Wildman–Crippen LogP) is 2.54. The monoisotopic (exact) mass is 278 g/mol. The van der Waals surface area contributed by atoms with E-state index in [1.807, 2.05) is 6.07 Å². The maximum absolute atomic E-state index is 5.72. The quantitative estimate of drug-likeness (QED) is 0.625. The van der Waals surface area contributed by atoms with Crippen molar-refractivity contribution >= 4 is 11.6 Å². The van der Waals surface area contributed by atoms with Crippen molar-refractivity contribution in [1.29, 1.82) is 0 Å². The summed E-state index contributed by atoms with van der Waals surface area (Å²) in [4.78, 5) is 6.57. The molecular formula is C15H19ClN2O. The van der Waals surface area contributed by atoms with Crippen LogP contribution in [0.5, 0.6) is 5.75 Å². The van der Waals surface area contributed by atoms with Gasteiger partial charge in [0, 0.05) is 18.3 Å². The van der Waals surface area contributed by atoms with Gasteiger partial charge in [-0.2, -0.15) is 0 Å². The molecule has 3 nitrogen and oxygen atoms in total. The molecule has 0 spiro atoms. The van der Waals surface area contributed by atoms with Crippen molar-refractivity contribution in [1.82, 2.24) is 9.88 Å². The normalized spacial score (nSPS) is 15.6. The van der Waals surface area contributed by atoms with Crippen molar-refractivity contribution in [2.45, 2.75) is 19.3 Å². The molecule has 2 heterocycles. The molecule has 0 unspecified atom stereocenters. The third-order valence-corrected chi connectivity index (χ3v) is 3.27. The average Bonchev–Trinajstić information content (AvgIpc) is 2.47. The van der Waals surface area contributed by atoms with E-state index in [9.17, 15) is 0 Å². The van der Waals surface area contributed by atoms with Crippen molar-refractivity contribution in [2.75, 3.05) is 32.1 Å². The van der Waals surface area contributed by atoms with Crippen molar-refractivity contribution < 1.29 is 4.74 Å². The zero-order valence-corrected chi connectivity index (χ0v) is 11.8. The molecule has 0 atom stereocenters. The number of likely N-dealkylation sites (tertiary alicyclic amines) is 1. The molecule has 1 aromatic rings. The second-order valence-corrected chi connectivity index (χ2v) is 4.86. The fourth-order valence-corrected chi connectivity index (χ4v) is 2.24. The number of nitrogens with zero attached hydrogens (tertiary/aromatic N) is 2. The van der Waals surface area contributed by atoms with Crippen LogP contribution in [0.15, 0.2) is 18.5 Å². The SMILES string of the molecule is ClCC#Cc1cncc(OCCN2CCCCC2)c1. The van der Waals surface area contributed by atoms with Gasteiger partial charge in [-0.15, -0.1) is 11.6 Å². The molecule has 0 bridgehead atoms. The Hall–Kier alpha value is -1.24. The number of rotatable bonds is 4. The molecule has 0 radical (unpaired) electrons. The fourth-order valence-electron chi connectivity index (χ4n) is 2.18. The van der Waals surface area contributed by atoms with Gasteiger partial charge < -0.3 is 4.74 Å². The predicted molar refractivity (Wildman–Crippen MR) is 77.6 cm³/mol. The smallest absolute Gasteiger partial charge is 0.138 e. The van der Waals surface area contributed by atoms with Gasteiger partial charge >= 0.3 is 0 Å². The van der Waals surface area contributed by atoms with Crippen LogP contribution in [0.2, 0.25) is 0 Å². The Balaban J connectivity index is 1.78. The van der Waals surface area contributed by atoms with Crippen LogP contribution in [0.4, 0.5) is 0 Å². The van der Waals surface area contributed by atoms with Crippen LogP contribution >= 0.6 is 11.6 Å². The summed E-state index contributed by atoms with van der Waals surface area (Å²) in [6.45, 7) is 4.08. The minimum Gasteiger partial charge on any atom is -0.491 e. The molecule has 1 fully saturated rings. The summed E-state index contributed by atoms with van der Waals surface area (Å²) in [6, 6.07) is 1.91. The minimum absolute atomic E-state index is 0.333. The molecule has 0 amide bonds. The van der Waals surface area contributed by atoms with E-state index in [2.05, 4.69) is 21.7 Å². The summed E-state index contributed by atoms with van der Waals surface area (Å²) >= 11 is 5.53. The summed E-state index contributed by atoms with van der Waals surface area (Å²) in [6.07, 6.45) is 7.43. The second-order valence-electron chi connectivity index (χ2n) is 4.60. The van der Waals surface area contributed by atoms with Gasteiger partial charge in [0.05, 0.1) is 12.1 Å². The molecule has 102 valence electrons. The largest absolute Gasteiger partial charge is 0.491 e. The number of hydrogen-bond donors (Lipinski definition) is 0. The first kappa shape index (κ1) is 14.2. The molecule has 1 aliphatic rings. The summed E-state index contributed by atoms with van der Waals surface area (Å²) in [5.41, 5.74) is 0.844. The van der Waals surface area contributed by atoms with E-state index in [0.29, 0.717) is 12.5 Å². The van der Waals surface area contributed by atoms with Crippen molar-refractivity contribution in [3.8, 4) is 17.6 Å². The maximum atomic E-state index is 5.72. The Morgan fingerprint density at radius 2 is 2.11 bits per heavy atom. The number of alkyl halides is 1. The molecular weight excluding hydrogens is 260 g/mol. The Bertz CT molecular complexity index is 447. The van der Waals surface area contributed by atoms with Crippen LogP contribution in [-0.4, -0.2) is 42.0 Å². The lowest BCUT2D eigenvalue weighted by atomic mass is 10.1. The molecule has 0 aromatic carbocycles. The number of hydrogen-bond acceptors (Lipinski definition) is 3. The molecule has 0 N–H and O–H groups in total. The molecule has 1 aromatic heterocycles. The van der Waals surface area contributed by atoms with Gasteiger partial charge in [-0.3, -0.25) is 9.88 Å². The van der Waals surface area contributed by atoms with Crippen LogP contribution in [0, 0.1) is 11.8 Å². The maximum Gasteiger partial charge on any atom is 0.138 e. The van der Waals surface area contributed by atoms with E-state index < -0.39 is 0 Å². The highest BCUT2D eigenvalue weighted by atomic mass is 35.5. The zero-order chi connectivity index (χ0) is 13.3. The topological polar surface area (TPSA) is 25.4 Å². The highest BCUT2D eigenvalue weighted by Gasteiger charge is 2.09. The molecule has 1 saturated heterocycles. The van der Waals surface area contributed by atoms with Gasteiger partial charge in [0.2, 0.25) is 0 Å². The third-order valence-electron chi connectivity index (χ3n) is 3.14. The van der Waals surface area contributed by atoms with Gasteiger partial charge in [0.25, 0.3) is 0 Å². The van der Waals surface area contributed by atoms with Gasteiger partial charge in [0.1, 0.15) is 12.4 Å². The minimum atomic E-state index is 0.333. The van der Waals surface area contributed by atoms with E-state index in [1.165, 1.54) is 32.4 Å². The summed E-state index contributed by atoms with van der Waals surface area (Å²) in [5.74, 6) is 6.86. The number of aromatic nitrogens is 1. The number of ether oxygens (including phenoxy) is 1. The Labute approximate surface area is 119 Å². The van der Waals surface area contributed by atoms with Crippen LogP contribution in [0.25, 0.3) is 0 Å². The Morgan fingerprint density at radius 1 is 1.26 bits per heavy atom. The van der Waals surface area contributed by atoms with Crippen molar-refractivity contribution in [3.05, 3.63) is 24.0 Å². The zero-order valence-electron chi connectivity index (χ0n) is 11.1. The van der Waals surface area contributed by atoms with Crippen molar-refractivity contribution in [2.24, 2.45) is 0 Å². The van der Waals surface area contributed by atoms with Crippen molar-refractivity contribution in [3.63, 3.8) is 0 Å². The van der Waals surface area contributed by atoms with E-state index in [4.69, 9.17) is 16.3 Å². The number of piperidine rings is 1. The Kier molecular flexibility index (Phi) is 6.00. The lowest BCUT2D eigenvalue weighted by Crippen LogP contribution is -2.33. The van der Waals surface area contributed by atoms with Crippen LogP contribution in [0.3, 0.4) is 0 Å². The first-order chi connectivity index (χ1) is 9.38. The summed E-state index contributed by atoms with van der Waals surface area (Å²) in [7, 11) is 0. The average molecular weight is 279 g/mol. The molecule has 0 saturated carbocycles. The first-order valence-corrected chi connectivity index (χ1v) is 7.27. The molecule has 19 heavy (non-hydrogen) atoms. The molecule has 1 aliphatic heterocycles. The summed E-state index contributed by atoms with van der Waals surface area (Å²) < 4.78 is 5.72. The van der Waals surface area contributed by atoms with Gasteiger partial charge in [-0.25, -0.2) is 0 Å². The first-order valence-electron chi connectivity index (χ1n) is 6.73. The van der Waals surface area contributed by atoms with Gasteiger partial charge in [0.15, 0.2) is 0 Å². The fraction of sp³-hybridized carbons (Fsp3) is 0.533. The Morgan fingerprint density at radius 3 is 2.89 bits per heavy atom. The van der Waals surface area contributed by atoms with E-state index in [0.717, 1.165) is 17.9 Å². The highest BCUT2D eigenvalue weighted by Crippen LogP contribution is 2.11. The molecule has 0 aliphatic carbocycles. The van der Waals surface area contributed by atoms with Crippen LogP contribution in [-0.2, 0) is 0 Å². The van der Waals surface area contributed by atoms with E-state index in [1.54, 1.807) is 12.4 Å². The van der Waals surface area contributed by atoms with Crippen LogP contribution in [0.1, 0.15) is 24.8 Å². The lowest BCUT2D eigenvalue weighted by molar-refractivity contribution is 0.183. The third kappa shape index (κ3) is 5.10.